The summed E-state index contributed by atoms with van der Waals surface area (Å²) >= 11 is 0. The molecule has 0 unspecified atom stereocenters. The Morgan fingerprint density at radius 2 is 1.78 bits per heavy atom. The van der Waals surface area contributed by atoms with Gasteiger partial charge in [-0.2, -0.15) is 5.10 Å². The number of aromatic nitrogens is 3. The molecule has 0 aliphatic heterocycles. The van der Waals surface area contributed by atoms with E-state index in [4.69, 9.17) is 0 Å². The largest absolute Gasteiger partial charge is 0.345 e. The molecule has 5 heteroatoms. The van der Waals surface area contributed by atoms with Crippen LogP contribution in [0.5, 0.6) is 0 Å². The number of rotatable bonds is 5. The smallest absolute Gasteiger partial charge is 0.255 e. The number of benzene rings is 2. The lowest BCUT2D eigenvalue weighted by Gasteiger charge is -2.15. The number of carbonyl (C=O) groups is 1. The van der Waals surface area contributed by atoms with Crippen molar-refractivity contribution in [2.75, 3.05) is 0 Å². The molecule has 0 aliphatic carbocycles. The number of pyridine rings is 2. The molecule has 5 aromatic rings. The van der Waals surface area contributed by atoms with E-state index < -0.39 is 0 Å². The van der Waals surface area contributed by atoms with Gasteiger partial charge in [-0.05, 0) is 42.5 Å². The fourth-order valence-electron chi connectivity index (χ4n) is 4.06. The van der Waals surface area contributed by atoms with E-state index in [-0.39, 0.29) is 11.9 Å². The summed E-state index contributed by atoms with van der Waals surface area (Å²) in [6.45, 7) is 4.05. The van der Waals surface area contributed by atoms with Gasteiger partial charge in [-0.1, -0.05) is 60.2 Å². The maximum absolute atomic E-state index is 13.2. The minimum absolute atomic E-state index is 0.104. The zero-order chi connectivity index (χ0) is 22.1. The first kappa shape index (κ1) is 19.9. The van der Waals surface area contributed by atoms with Gasteiger partial charge in [-0.15, -0.1) is 0 Å². The highest BCUT2D eigenvalue weighted by molar-refractivity contribution is 6.01. The van der Waals surface area contributed by atoms with Crippen LogP contribution in [-0.4, -0.2) is 20.5 Å². The molecule has 3 heterocycles. The molecule has 0 saturated carbocycles. The van der Waals surface area contributed by atoms with Crippen LogP contribution >= 0.6 is 0 Å². The van der Waals surface area contributed by atoms with Gasteiger partial charge in [0.15, 0.2) is 0 Å². The Labute approximate surface area is 186 Å². The molecule has 0 fully saturated rings. The normalized spacial score (nSPS) is 12.2. The van der Waals surface area contributed by atoms with Gasteiger partial charge in [0.1, 0.15) is 0 Å². The summed E-state index contributed by atoms with van der Waals surface area (Å²) in [6.07, 6.45) is 6.03. The van der Waals surface area contributed by atoms with Gasteiger partial charge in [0.05, 0.1) is 23.3 Å². The van der Waals surface area contributed by atoms with Crippen molar-refractivity contribution in [3.05, 3.63) is 113 Å². The van der Waals surface area contributed by atoms with Crippen molar-refractivity contribution in [1.29, 1.82) is 0 Å². The molecular formula is C27H24N4O. The molecule has 0 radical (unpaired) electrons. The minimum atomic E-state index is -0.132. The van der Waals surface area contributed by atoms with Gasteiger partial charge in [0.25, 0.3) is 5.91 Å². The van der Waals surface area contributed by atoms with E-state index in [1.54, 1.807) is 10.7 Å². The summed E-state index contributed by atoms with van der Waals surface area (Å²) in [7, 11) is 0. The average molecular weight is 421 g/mol. The Morgan fingerprint density at radius 1 is 1.00 bits per heavy atom. The number of aryl methyl sites for hydroxylation is 1. The molecule has 3 aromatic heterocycles. The van der Waals surface area contributed by atoms with E-state index in [1.807, 2.05) is 55.7 Å². The summed E-state index contributed by atoms with van der Waals surface area (Å²) in [5, 5.41) is 9.81. The zero-order valence-electron chi connectivity index (χ0n) is 18.1. The molecule has 5 rings (SSSR count). The number of carbonyl (C=O) groups excluding carboxylic acids is 1. The van der Waals surface area contributed by atoms with E-state index in [9.17, 15) is 4.79 Å². The van der Waals surface area contributed by atoms with Crippen molar-refractivity contribution < 1.29 is 4.79 Å². The number of nitrogens with zero attached hydrogens (tertiary/aromatic N) is 3. The summed E-state index contributed by atoms with van der Waals surface area (Å²) in [6, 6.07) is 22.4. The Hall–Kier alpha value is -3.99. The predicted molar refractivity (Wildman–Crippen MR) is 127 cm³/mol. The first-order valence-corrected chi connectivity index (χ1v) is 10.7. The molecule has 32 heavy (non-hydrogen) atoms. The molecule has 158 valence electrons. The van der Waals surface area contributed by atoms with Crippen LogP contribution in [0.1, 0.15) is 45.7 Å². The number of fused-ring (bicyclic) bond motifs is 2. The number of amides is 1. The highest BCUT2D eigenvalue weighted by Crippen LogP contribution is 2.22. The van der Waals surface area contributed by atoms with Gasteiger partial charge in [0, 0.05) is 29.9 Å². The molecule has 1 amide bonds. The van der Waals surface area contributed by atoms with Crippen molar-refractivity contribution in [2.24, 2.45) is 0 Å². The third kappa shape index (κ3) is 3.85. The topological polar surface area (TPSA) is 59.3 Å². The van der Waals surface area contributed by atoms with Crippen molar-refractivity contribution in [1.82, 2.24) is 19.9 Å². The van der Waals surface area contributed by atoms with Crippen molar-refractivity contribution in [3.8, 4) is 0 Å². The van der Waals surface area contributed by atoms with Crippen molar-refractivity contribution in [3.63, 3.8) is 0 Å². The zero-order valence-corrected chi connectivity index (χ0v) is 18.1. The first-order chi connectivity index (χ1) is 15.6. The molecule has 5 nitrogen and oxygen atoms in total. The highest BCUT2D eigenvalue weighted by Gasteiger charge is 2.18. The minimum Gasteiger partial charge on any atom is -0.345 e. The van der Waals surface area contributed by atoms with E-state index in [2.05, 4.69) is 52.7 Å². The molecule has 0 spiro atoms. The highest BCUT2D eigenvalue weighted by atomic mass is 16.1. The lowest BCUT2D eigenvalue weighted by Crippen LogP contribution is -2.26. The van der Waals surface area contributed by atoms with Crippen LogP contribution in [0.2, 0.25) is 0 Å². The van der Waals surface area contributed by atoms with E-state index in [0.29, 0.717) is 12.0 Å². The van der Waals surface area contributed by atoms with Crippen molar-refractivity contribution in [2.45, 2.75) is 26.3 Å². The van der Waals surface area contributed by atoms with Gasteiger partial charge >= 0.3 is 0 Å². The fourth-order valence-corrected chi connectivity index (χ4v) is 4.06. The Morgan fingerprint density at radius 3 is 2.59 bits per heavy atom. The summed E-state index contributed by atoms with van der Waals surface area (Å²) in [5.41, 5.74) is 5.62. The van der Waals surface area contributed by atoms with Crippen LogP contribution in [0.4, 0.5) is 0 Å². The second-order valence-corrected chi connectivity index (χ2v) is 8.19. The number of hydrogen-bond acceptors (Lipinski definition) is 3. The standard InChI is InChI=1S/C27H24N4O/c1-18-9-11-20(12-10-18)19(2)30-27(32)25-17-29-31-13-5-8-22(26(25)31)15-24-14-21-6-3-4-7-23(21)16-28-24/h3-14,16-17,19H,15H2,1-2H3,(H,30,32)/t19-/m0/s1. The van der Waals surface area contributed by atoms with Crippen LogP contribution < -0.4 is 5.32 Å². The average Bonchev–Trinajstić information content (AvgIpc) is 3.25. The maximum Gasteiger partial charge on any atom is 0.255 e. The molecule has 0 saturated heterocycles. The Bertz CT molecular complexity index is 1420. The second-order valence-electron chi connectivity index (χ2n) is 8.19. The third-order valence-corrected chi connectivity index (χ3v) is 5.85. The quantitative estimate of drug-likeness (QED) is 0.421. The van der Waals surface area contributed by atoms with Crippen LogP contribution in [0.15, 0.2) is 85.3 Å². The lowest BCUT2D eigenvalue weighted by atomic mass is 10.0. The second kappa shape index (κ2) is 8.27. The Kier molecular flexibility index (Phi) is 5.15. The summed E-state index contributed by atoms with van der Waals surface area (Å²) in [4.78, 5) is 17.8. The molecule has 2 aromatic carbocycles. The SMILES string of the molecule is Cc1ccc([C@H](C)NC(=O)c2cnn3cccc(Cc4cc5ccccc5cn4)c23)cc1. The van der Waals surface area contributed by atoms with Gasteiger partial charge < -0.3 is 5.32 Å². The van der Waals surface area contributed by atoms with Gasteiger partial charge in [0.2, 0.25) is 0 Å². The van der Waals surface area contributed by atoms with Crippen molar-refractivity contribution >= 4 is 22.2 Å². The molecule has 1 N–H and O–H groups in total. The van der Waals surface area contributed by atoms with Crippen LogP contribution in [0, 0.1) is 6.92 Å². The number of nitrogens with one attached hydrogen (secondary N) is 1. The van der Waals surface area contributed by atoms with E-state index >= 15 is 0 Å². The van der Waals surface area contributed by atoms with E-state index in [0.717, 1.165) is 33.1 Å². The fraction of sp³-hybridized carbons (Fsp3) is 0.148. The van der Waals surface area contributed by atoms with Gasteiger partial charge in [-0.25, -0.2) is 4.52 Å². The maximum atomic E-state index is 13.2. The monoisotopic (exact) mass is 420 g/mol. The summed E-state index contributed by atoms with van der Waals surface area (Å²) in [5.74, 6) is -0.132. The molecule has 0 bridgehead atoms. The first-order valence-electron chi connectivity index (χ1n) is 10.7. The number of hydrogen-bond donors (Lipinski definition) is 1. The molecule has 1 atom stereocenters. The third-order valence-electron chi connectivity index (χ3n) is 5.85. The molecular weight excluding hydrogens is 396 g/mol. The molecule has 0 aliphatic rings. The lowest BCUT2D eigenvalue weighted by molar-refractivity contribution is 0.0941. The summed E-state index contributed by atoms with van der Waals surface area (Å²) < 4.78 is 1.77. The van der Waals surface area contributed by atoms with Crippen LogP contribution in [0.3, 0.4) is 0 Å². The van der Waals surface area contributed by atoms with Crippen LogP contribution in [-0.2, 0) is 6.42 Å². The predicted octanol–water partition coefficient (Wildman–Crippen LogP) is 5.27. The van der Waals surface area contributed by atoms with Crippen LogP contribution in [0.25, 0.3) is 16.3 Å². The Balaban J connectivity index is 1.45. The van der Waals surface area contributed by atoms with E-state index in [1.165, 1.54) is 5.56 Å². The van der Waals surface area contributed by atoms with Gasteiger partial charge in [-0.3, -0.25) is 9.78 Å².